The summed E-state index contributed by atoms with van der Waals surface area (Å²) in [4.78, 5) is 42.2. The minimum atomic E-state index is -1.11. The lowest BCUT2D eigenvalue weighted by Crippen LogP contribution is -2.69. The molecule has 1 aromatic carbocycles. The fourth-order valence-corrected chi connectivity index (χ4v) is 12.2. The number of allylic oxidation sites excluding steroid dienone is 2. The Morgan fingerprint density at radius 1 is 1.24 bits per heavy atom. The van der Waals surface area contributed by atoms with Crippen LogP contribution in [0.4, 0.5) is 0 Å². The average Bonchev–Trinajstić information content (AvgIpc) is 3.45. The molecule has 2 aromatic rings. The lowest BCUT2D eigenvalue weighted by Gasteiger charge is -2.57. The molecule has 12 heteroatoms. The minimum Gasteiger partial charge on any atom is -0.481 e. The van der Waals surface area contributed by atoms with Gasteiger partial charge in [0.2, 0.25) is 5.91 Å². The number of amides is 1. The van der Waals surface area contributed by atoms with Crippen molar-refractivity contribution >= 4 is 44.4 Å². The predicted molar refractivity (Wildman–Crippen MR) is 196 cm³/mol. The largest absolute Gasteiger partial charge is 0.481 e. The standard InChI is InChI=1S/C38H44N4O6S2/c1-5-20(2)36(45)48-37(3)11-10-22-19-49-50-30-8-7-27(40-4)26-18-42(35(26)30)32(43)13-24-17-41-31(39)14-25(24)34(22)38(37)16-23-12-21-6-9-33(44)46-28(21)15-29(23)47-38/h5-6,9-10,12,14-15,26-27,30,34-35,40-41H,7-8,11,13,16-19,39H2,1-4H3. The average molecular weight is 717 g/mol. The Labute approximate surface area is 299 Å². The fraction of sp³-hybridized carbons (Fsp3) is 0.500. The van der Waals surface area contributed by atoms with Gasteiger partial charge in [-0.1, -0.05) is 39.3 Å². The van der Waals surface area contributed by atoms with Crippen molar-refractivity contribution in [3.05, 3.63) is 86.6 Å². The molecule has 1 saturated heterocycles. The maximum absolute atomic E-state index is 14.3. The van der Waals surface area contributed by atoms with Crippen molar-refractivity contribution in [2.45, 2.75) is 81.4 Å². The van der Waals surface area contributed by atoms with Gasteiger partial charge in [0.25, 0.3) is 0 Å². The van der Waals surface area contributed by atoms with Crippen LogP contribution in [0, 0.1) is 11.8 Å². The van der Waals surface area contributed by atoms with Gasteiger partial charge in [-0.3, -0.25) is 4.79 Å². The molecule has 1 spiro atoms. The maximum atomic E-state index is 14.3. The first kappa shape index (κ1) is 33.5. The number of dihydropyridines is 1. The van der Waals surface area contributed by atoms with E-state index in [9.17, 15) is 14.4 Å². The van der Waals surface area contributed by atoms with Gasteiger partial charge in [-0.2, -0.15) is 0 Å². The third kappa shape index (κ3) is 5.32. The second-order valence-corrected chi connectivity index (χ2v) is 17.3. The highest BCUT2D eigenvalue weighted by Gasteiger charge is 2.64. The van der Waals surface area contributed by atoms with Crippen LogP contribution in [0.25, 0.3) is 11.0 Å². The van der Waals surface area contributed by atoms with Crippen LogP contribution in [0.2, 0.25) is 0 Å². The topological polar surface area (TPSA) is 136 Å². The lowest BCUT2D eigenvalue weighted by atomic mass is 9.61. The van der Waals surface area contributed by atoms with Crippen LogP contribution < -0.4 is 26.7 Å². The van der Waals surface area contributed by atoms with Gasteiger partial charge in [-0.25, -0.2) is 9.59 Å². The number of nitrogens with two attached hydrogens (primary N) is 1. The number of nitrogens with one attached hydrogen (secondary N) is 2. The summed E-state index contributed by atoms with van der Waals surface area (Å²) in [7, 11) is 5.78. The van der Waals surface area contributed by atoms with E-state index >= 15 is 0 Å². The first-order chi connectivity index (χ1) is 24.0. The van der Waals surface area contributed by atoms with Crippen LogP contribution >= 0.6 is 21.6 Å². The van der Waals surface area contributed by atoms with Crippen molar-refractivity contribution in [3.8, 4) is 5.75 Å². The number of rotatable bonds is 3. The zero-order valence-corrected chi connectivity index (χ0v) is 30.5. The molecule has 10 nitrogen and oxygen atoms in total. The summed E-state index contributed by atoms with van der Waals surface area (Å²) in [5.41, 5.74) is 8.84. The zero-order chi connectivity index (χ0) is 34.9. The summed E-state index contributed by atoms with van der Waals surface area (Å²) in [6, 6.07) is 7.61. The van der Waals surface area contributed by atoms with E-state index in [1.807, 2.05) is 54.6 Å². The predicted octanol–water partition coefficient (Wildman–Crippen LogP) is 4.74. The lowest BCUT2D eigenvalue weighted by molar-refractivity contribution is -0.186. The molecule has 50 heavy (non-hydrogen) atoms. The summed E-state index contributed by atoms with van der Waals surface area (Å²) >= 11 is 0. The van der Waals surface area contributed by atoms with Gasteiger partial charge in [0.05, 0.1) is 24.2 Å². The van der Waals surface area contributed by atoms with Gasteiger partial charge in [0.15, 0.2) is 11.2 Å². The Bertz CT molecular complexity index is 1970. The molecule has 7 unspecified atom stereocenters. The number of hydrogen-bond donors (Lipinski definition) is 3. The molecule has 8 rings (SSSR count). The molecular formula is C38H44N4O6S2. The molecule has 1 amide bonds. The van der Waals surface area contributed by atoms with Gasteiger partial charge in [-0.05, 0) is 75.6 Å². The third-order valence-corrected chi connectivity index (χ3v) is 14.8. The quantitative estimate of drug-likeness (QED) is 0.134. The molecule has 6 aliphatic rings. The summed E-state index contributed by atoms with van der Waals surface area (Å²) in [5, 5.41) is 7.96. The second kappa shape index (κ2) is 12.6. The number of hydrogen-bond acceptors (Lipinski definition) is 11. The van der Waals surface area contributed by atoms with E-state index in [0.29, 0.717) is 59.3 Å². The number of benzene rings is 1. The van der Waals surface area contributed by atoms with Crippen molar-refractivity contribution in [2.75, 3.05) is 25.9 Å². The van der Waals surface area contributed by atoms with Crippen LogP contribution in [-0.2, 0) is 20.7 Å². The molecule has 2 fully saturated rings. The molecule has 7 atom stereocenters. The second-order valence-electron chi connectivity index (χ2n) is 14.7. The Morgan fingerprint density at radius 3 is 2.88 bits per heavy atom. The molecular weight excluding hydrogens is 673 g/mol. The Morgan fingerprint density at radius 2 is 2.08 bits per heavy atom. The van der Waals surface area contributed by atoms with Crippen molar-refractivity contribution < 1.29 is 23.5 Å². The summed E-state index contributed by atoms with van der Waals surface area (Å²) in [6.45, 7) is 6.75. The number of esters is 1. The first-order valence-corrected chi connectivity index (χ1v) is 19.9. The zero-order valence-electron chi connectivity index (χ0n) is 28.9. The van der Waals surface area contributed by atoms with E-state index in [-0.39, 0.29) is 18.4 Å². The normalized spacial score (nSPS) is 33.7. The molecule has 4 N–H and O–H groups in total. The Balaban J connectivity index is 1.29. The highest BCUT2D eigenvalue weighted by atomic mass is 33.1. The Kier molecular flexibility index (Phi) is 8.42. The van der Waals surface area contributed by atoms with Crippen LogP contribution in [0.15, 0.2) is 79.8 Å². The fourth-order valence-electron chi connectivity index (χ4n) is 9.10. The van der Waals surface area contributed by atoms with Gasteiger partial charge < -0.3 is 35.2 Å². The Hall–Kier alpha value is -3.61. The summed E-state index contributed by atoms with van der Waals surface area (Å²) < 4.78 is 19.3. The van der Waals surface area contributed by atoms with Crippen LogP contribution in [0.3, 0.4) is 0 Å². The van der Waals surface area contributed by atoms with Crippen molar-refractivity contribution in [2.24, 2.45) is 17.6 Å². The van der Waals surface area contributed by atoms with Gasteiger partial charge in [0.1, 0.15) is 11.3 Å². The SMILES string of the molecule is CC=C(C)C(=O)OC1(C)CC=C2CSSC3CCC(NC)C4CN(C(=O)CC5=C(C=C(N)NC5)C2C12Cc1cc5ccc(=O)oc5cc1O2)C34. The maximum Gasteiger partial charge on any atom is 0.336 e. The van der Waals surface area contributed by atoms with Crippen molar-refractivity contribution in [1.29, 1.82) is 0 Å². The van der Waals surface area contributed by atoms with Gasteiger partial charge in [0, 0.05) is 72.0 Å². The molecule has 264 valence electrons. The van der Waals surface area contributed by atoms with Crippen molar-refractivity contribution in [1.82, 2.24) is 15.5 Å². The first-order valence-electron chi connectivity index (χ1n) is 17.5. The van der Waals surface area contributed by atoms with E-state index < -0.39 is 28.7 Å². The van der Waals surface area contributed by atoms with E-state index in [4.69, 9.17) is 19.6 Å². The molecule has 0 bridgehead atoms. The smallest absolute Gasteiger partial charge is 0.336 e. The van der Waals surface area contributed by atoms with Crippen LogP contribution in [0.5, 0.6) is 5.75 Å². The summed E-state index contributed by atoms with van der Waals surface area (Å²) in [6.07, 6.45) is 9.24. The van der Waals surface area contributed by atoms with Crippen LogP contribution in [-0.4, -0.2) is 71.2 Å². The number of fused-ring (bicyclic) bond motifs is 5. The monoisotopic (exact) mass is 716 g/mol. The molecule has 5 heterocycles. The molecule has 1 aromatic heterocycles. The van der Waals surface area contributed by atoms with Crippen LogP contribution in [0.1, 0.15) is 52.0 Å². The van der Waals surface area contributed by atoms with E-state index in [2.05, 4.69) is 21.6 Å². The number of nitrogens with zero attached hydrogens (tertiary/aromatic N) is 1. The van der Waals surface area contributed by atoms with Gasteiger partial charge in [-0.15, -0.1) is 0 Å². The highest BCUT2D eigenvalue weighted by Crippen LogP contribution is 2.58. The minimum absolute atomic E-state index is 0.132. The molecule has 0 radical (unpaired) electrons. The van der Waals surface area contributed by atoms with Gasteiger partial charge >= 0.3 is 11.6 Å². The summed E-state index contributed by atoms with van der Waals surface area (Å²) in [5.74, 6) is 1.64. The molecule has 1 saturated carbocycles. The number of ether oxygens (including phenoxy) is 2. The number of carbonyl (C=O) groups excluding carboxylic acids is 2. The van der Waals surface area contributed by atoms with Crippen molar-refractivity contribution in [3.63, 3.8) is 0 Å². The third-order valence-electron chi connectivity index (χ3n) is 12.0. The van der Waals surface area contributed by atoms with E-state index in [1.54, 1.807) is 25.1 Å². The highest BCUT2D eigenvalue weighted by molar-refractivity contribution is 8.77. The molecule has 4 aliphatic heterocycles. The molecule has 2 aliphatic carbocycles. The van der Waals surface area contributed by atoms with E-state index in [0.717, 1.165) is 47.2 Å². The number of carbonyl (C=O) groups is 2. The van der Waals surface area contributed by atoms with E-state index in [1.165, 1.54) is 11.6 Å².